The third-order valence-electron chi connectivity index (χ3n) is 3.29. The molecule has 2 aromatic carbocycles. The predicted molar refractivity (Wildman–Crippen MR) is 87.0 cm³/mol. The fraction of sp³-hybridized carbons (Fsp3) is 0.176. The van der Waals surface area contributed by atoms with Gasteiger partial charge < -0.3 is 9.15 Å². The highest BCUT2D eigenvalue weighted by Crippen LogP contribution is 2.35. The van der Waals surface area contributed by atoms with E-state index in [0.29, 0.717) is 11.1 Å². The van der Waals surface area contributed by atoms with Gasteiger partial charge in [0.2, 0.25) is 5.89 Å². The third-order valence-corrected chi connectivity index (χ3v) is 4.28. The summed E-state index contributed by atoms with van der Waals surface area (Å²) < 4.78 is 10.9. The number of benzene rings is 2. The van der Waals surface area contributed by atoms with Gasteiger partial charge in [0.05, 0.1) is 7.11 Å². The lowest BCUT2D eigenvalue weighted by Gasteiger charge is -2.07. The van der Waals surface area contributed by atoms with Crippen LogP contribution >= 0.6 is 11.8 Å². The van der Waals surface area contributed by atoms with E-state index in [-0.39, 0.29) is 5.25 Å². The molecule has 0 saturated heterocycles. The number of ether oxygens (including phenoxy) is 1. The minimum Gasteiger partial charge on any atom is -0.497 e. The molecule has 3 aromatic rings. The van der Waals surface area contributed by atoms with Crippen LogP contribution in [-0.2, 0) is 0 Å². The Morgan fingerprint density at radius 3 is 2.41 bits per heavy atom. The molecule has 0 N–H and O–H groups in total. The van der Waals surface area contributed by atoms with Crippen molar-refractivity contribution in [1.82, 2.24) is 10.2 Å². The summed E-state index contributed by atoms with van der Waals surface area (Å²) in [6.45, 7) is 2.12. The van der Waals surface area contributed by atoms with E-state index in [2.05, 4.69) is 29.3 Å². The average molecular weight is 312 g/mol. The highest BCUT2D eigenvalue weighted by molar-refractivity contribution is 7.99. The number of hydrogen-bond acceptors (Lipinski definition) is 5. The van der Waals surface area contributed by atoms with Gasteiger partial charge in [-0.3, -0.25) is 0 Å². The lowest BCUT2D eigenvalue weighted by Crippen LogP contribution is -1.87. The van der Waals surface area contributed by atoms with Crippen LogP contribution in [0.2, 0.25) is 0 Å². The normalized spacial score (nSPS) is 12.1. The van der Waals surface area contributed by atoms with Crippen molar-refractivity contribution in [2.75, 3.05) is 7.11 Å². The van der Waals surface area contributed by atoms with Crippen LogP contribution in [0.25, 0.3) is 11.5 Å². The first-order valence-corrected chi connectivity index (χ1v) is 7.84. The largest absolute Gasteiger partial charge is 0.497 e. The molecule has 1 atom stereocenters. The van der Waals surface area contributed by atoms with E-state index < -0.39 is 0 Å². The third kappa shape index (κ3) is 3.31. The van der Waals surface area contributed by atoms with Gasteiger partial charge >= 0.3 is 0 Å². The summed E-state index contributed by atoms with van der Waals surface area (Å²) in [5.41, 5.74) is 2.12. The summed E-state index contributed by atoms with van der Waals surface area (Å²) in [4.78, 5) is 0. The zero-order valence-electron chi connectivity index (χ0n) is 12.4. The van der Waals surface area contributed by atoms with Crippen LogP contribution in [0.15, 0.2) is 64.2 Å². The van der Waals surface area contributed by atoms with E-state index in [9.17, 15) is 0 Å². The minimum absolute atomic E-state index is 0.255. The molecule has 0 aliphatic carbocycles. The number of thioether (sulfide) groups is 1. The summed E-state index contributed by atoms with van der Waals surface area (Å²) in [6.07, 6.45) is 0. The Bertz CT molecular complexity index is 726. The van der Waals surface area contributed by atoms with Crippen molar-refractivity contribution in [3.63, 3.8) is 0 Å². The molecule has 0 unspecified atom stereocenters. The van der Waals surface area contributed by atoms with Crippen molar-refractivity contribution >= 4 is 11.8 Å². The zero-order valence-corrected chi connectivity index (χ0v) is 13.2. The second-order valence-electron chi connectivity index (χ2n) is 4.77. The fourth-order valence-corrected chi connectivity index (χ4v) is 2.86. The van der Waals surface area contributed by atoms with Crippen LogP contribution in [0.4, 0.5) is 0 Å². The van der Waals surface area contributed by atoms with Crippen LogP contribution in [-0.4, -0.2) is 17.3 Å². The highest BCUT2D eigenvalue weighted by atomic mass is 32.2. The van der Waals surface area contributed by atoms with E-state index in [1.165, 1.54) is 5.56 Å². The van der Waals surface area contributed by atoms with Gasteiger partial charge in [0.15, 0.2) is 0 Å². The highest BCUT2D eigenvalue weighted by Gasteiger charge is 2.14. The van der Waals surface area contributed by atoms with Gasteiger partial charge in [-0.25, -0.2) is 0 Å². The number of rotatable bonds is 5. The summed E-state index contributed by atoms with van der Waals surface area (Å²) in [6, 6.07) is 17.8. The maximum absolute atomic E-state index is 5.74. The second-order valence-corrected chi connectivity index (χ2v) is 6.06. The Morgan fingerprint density at radius 1 is 1.00 bits per heavy atom. The van der Waals surface area contributed by atoms with Crippen LogP contribution < -0.4 is 4.74 Å². The molecule has 4 nitrogen and oxygen atoms in total. The van der Waals surface area contributed by atoms with E-state index in [1.807, 2.05) is 42.5 Å². The van der Waals surface area contributed by atoms with Crippen molar-refractivity contribution in [1.29, 1.82) is 0 Å². The molecule has 1 aromatic heterocycles. The van der Waals surface area contributed by atoms with Crippen molar-refractivity contribution in [3.8, 4) is 17.2 Å². The Hall–Kier alpha value is -2.27. The molecular formula is C17H16N2O2S. The quantitative estimate of drug-likeness (QED) is 0.644. The summed E-state index contributed by atoms with van der Waals surface area (Å²) in [5.74, 6) is 1.32. The number of methoxy groups -OCH3 is 1. The van der Waals surface area contributed by atoms with Crippen molar-refractivity contribution in [3.05, 3.63) is 60.2 Å². The van der Waals surface area contributed by atoms with Crippen LogP contribution in [0, 0.1) is 0 Å². The monoisotopic (exact) mass is 312 g/mol. The molecule has 3 rings (SSSR count). The smallest absolute Gasteiger partial charge is 0.277 e. The van der Waals surface area contributed by atoms with Gasteiger partial charge in [0.25, 0.3) is 5.22 Å². The Balaban J connectivity index is 1.73. The van der Waals surface area contributed by atoms with Gasteiger partial charge in [-0.15, -0.1) is 10.2 Å². The molecule has 5 heteroatoms. The van der Waals surface area contributed by atoms with Crippen LogP contribution in [0.5, 0.6) is 5.75 Å². The molecule has 0 spiro atoms. The van der Waals surface area contributed by atoms with E-state index in [4.69, 9.17) is 9.15 Å². The number of nitrogens with zero attached hydrogens (tertiary/aromatic N) is 2. The topological polar surface area (TPSA) is 48.2 Å². The molecule has 22 heavy (non-hydrogen) atoms. The number of aromatic nitrogens is 2. The first kappa shape index (κ1) is 14.7. The summed E-state index contributed by atoms with van der Waals surface area (Å²) in [7, 11) is 1.64. The first-order chi connectivity index (χ1) is 10.8. The van der Waals surface area contributed by atoms with Crippen LogP contribution in [0.3, 0.4) is 0 Å². The first-order valence-electron chi connectivity index (χ1n) is 6.96. The van der Waals surface area contributed by atoms with Gasteiger partial charge in [0.1, 0.15) is 5.75 Å². The molecule has 0 radical (unpaired) electrons. The van der Waals surface area contributed by atoms with E-state index in [1.54, 1.807) is 18.9 Å². The van der Waals surface area contributed by atoms with E-state index >= 15 is 0 Å². The SMILES string of the molecule is COc1ccc(-c2nnc(S[C@@H](C)c3ccccc3)o2)cc1. The second kappa shape index (κ2) is 6.66. The van der Waals surface area contributed by atoms with Crippen LogP contribution in [0.1, 0.15) is 17.7 Å². The molecule has 0 aliphatic heterocycles. The number of hydrogen-bond donors (Lipinski definition) is 0. The van der Waals surface area contributed by atoms with Gasteiger partial charge in [-0.05, 0) is 36.8 Å². The Kier molecular flexibility index (Phi) is 4.44. The van der Waals surface area contributed by atoms with Crippen molar-refractivity contribution in [2.24, 2.45) is 0 Å². The fourth-order valence-electron chi connectivity index (χ4n) is 2.05. The standard InChI is InChI=1S/C17H16N2O2S/c1-12(13-6-4-3-5-7-13)22-17-19-18-16(21-17)14-8-10-15(20-2)11-9-14/h3-12H,1-2H3/t12-/m0/s1. The zero-order chi connectivity index (χ0) is 15.4. The van der Waals surface area contributed by atoms with Gasteiger partial charge in [-0.1, -0.05) is 42.1 Å². The maximum Gasteiger partial charge on any atom is 0.277 e. The molecule has 0 fully saturated rings. The van der Waals surface area contributed by atoms with Crippen molar-refractivity contribution in [2.45, 2.75) is 17.4 Å². The molecule has 112 valence electrons. The van der Waals surface area contributed by atoms with Gasteiger partial charge in [0, 0.05) is 10.8 Å². The van der Waals surface area contributed by atoms with E-state index in [0.717, 1.165) is 11.3 Å². The molecule has 0 bridgehead atoms. The minimum atomic E-state index is 0.255. The maximum atomic E-state index is 5.74. The van der Waals surface area contributed by atoms with Crippen molar-refractivity contribution < 1.29 is 9.15 Å². The molecule has 0 amide bonds. The predicted octanol–water partition coefficient (Wildman–Crippen LogP) is 4.60. The lowest BCUT2D eigenvalue weighted by atomic mass is 10.2. The Morgan fingerprint density at radius 2 is 1.73 bits per heavy atom. The van der Waals surface area contributed by atoms with Gasteiger partial charge in [-0.2, -0.15) is 0 Å². The summed E-state index contributed by atoms with van der Waals surface area (Å²) in [5, 5.41) is 9.05. The molecule has 0 aliphatic rings. The Labute approximate surface area is 133 Å². The molecule has 0 saturated carbocycles. The average Bonchev–Trinajstić information content (AvgIpc) is 3.04. The summed E-state index contributed by atoms with van der Waals surface area (Å²) >= 11 is 1.55. The molecule has 1 heterocycles. The molecular weight excluding hydrogens is 296 g/mol. The lowest BCUT2D eigenvalue weighted by molar-refractivity contribution is 0.414.